The molecule has 0 radical (unpaired) electrons. The summed E-state index contributed by atoms with van der Waals surface area (Å²) in [6.07, 6.45) is 2.75. The van der Waals surface area contributed by atoms with Gasteiger partial charge in [0.2, 0.25) is 0 Å². The Bertz CT molecular complexity index is 634. The molecule has 0 unspecified atom stereocenters. The molecule has 106 valence electrons. The number of hydrogen-bond donors (Lipinski definition) is 2. The molecule has 0 saturated heterocycles. The molecule has 1 heterocycles. The van der Waals surface area contributed by atoms with Crippen LogP contribution in [0.25, 0.3) is 0 Å². The molecule has 0 fully saturated rings. The van der Waals surface area contributed by atoms with Crippen molar-refractivity contribution in [1.29, 1.82) is 0 Å². The average Bonchev–Trinajstić information content (AvgIpc) is 2.76. The number of hydrogen-bond acceptors (Lipinski definition) is 2. The molecule has 0 saturated carbocycles. The Morgan fingerprint density at radius 1 is 1.45 bits per heavy atom. The van der Waals surface area contributed by atoms with Gasteiger partial charge in [0.05, 0.1) is 5.69 Å². The zero-order valence-electron chi connectivity index (χ0n) is 11.6. The third kappa shape index (κ3) is 3.04. The highest BCUT2D eigenvalue weighted by atomic mass is 79.9. The molecule has 1 aromatic carbocycles. The van der Waals surface area contributed by atoms with Gasteiger partial charge in [-0.1, -0.05) is 28.9 Å². The van der Waals surface area contributed by atoms with E-state index in [1.807, 2.05) is 29.7 Å². The van der Waals surface area contributed by atoms with E-state index >= 15 is 0 Å². The lowest BCUT2D eigenvalue weighted by Gasteiger charge is -2.11. The van der Waals surface area contributed by atoms with Gasteiger partial charge in [-0.05, 0) is 37.1 Å². The summed E-state index contributed by atoms with van der Waals surface area (Å²) in [7, 11) is 0. The summed E-state index contributed by atoms with van der Waals surface area (Å²) in [6.45, 7) is 4.80. The fourth-order valence-corrected chi connectivity index (χ4v) is 2.44. The summed E-state index contributed by atoms with van der Waals surface area (Å²) in [5, 5.41) is 2.93. The molecule has 20 heavy (non-hydrogen) atoms. The maximum absolute atomic E-state index is 12.4. The highest BCUT2D eigenvalue weighted by molar-refractivity contribution is 9.10. The minimum atomic E-state index is -0.142. The summed E-state index contributed by atoms with van der Waals surface area (Å²) in [5.41, 5.74) is 8.78. The monoisotopic (exact) mass is 335 g/mol. The van der Waals surface area contributed by atoms with E-state index in [1.165, 1.54) is 0 Å². The van der Waals surface area contributed by atoms with Gasteiger partial charge in [-0.25, -0.2) is 0 Å². The highest BCUT2D eigenvalue weighted by Gasteiger charge is 2.14. The normalized spacial score (nSPS) is 10.6. The Kier molecular flexibility index (Phi) is 4.49. The molecule has 0 bridgehead atoms. The molecule has 1 aromatic heterocycles. The van der Waals surface area contributed by atoms with Crippen LogP contribution >= 0.6 is 15.9 Å². The van der Waals surface area contributed by atoms with E-state index in [-0.39, 0.29) is 5.91 Å². The van der Waals surface area contributed by atoms with Crippen LogP contribution in [0.4, 0.5) is 11.4 Å². The molecule has 0 aliphatic heterocycles. The highest BCUT2D eigenvalue weighted by Crippen LogP contribution is 2.24. The molecule has 1 amide bonds. The summed E-state index contributed by atoms with van der Waals surface area (Å²) >= 11 is 3.46. The van der Waals surface area contributed by atoms with Gasteiger partial charge in [-0.3, -0.25) is 4.79 Å². The number of benzene rings is 1. The third-order valence-electron chi connectivity index (χ3n) is 3.13. The number of anilines is 2. The molecule has 2 rings (SSSR count). The molecular weight excluding hydrogens is 318 g/mol. The minimum Gasteiger partial charge on any atom is -0.397 e. The molecule has 0 aliphatic carbocycles. The van der Waals surface area contributed by atoms with E-state index in [0.717, 1.165) is 28.7 Å². The number of nitrogens with two attached hydrogens (primary N) is 1. The number of aromatic nitrogens is 1. The first kappa shape index (κ1) is 14.7. The predicted octanol–water partition coefficient (Wildman–Crippen LogP) is 3.80. The largest absolute Gasteiger partial charge is 0.397 e. The second kappa shape index (κ2) is 6.13. The molecular formula is C15H18BrN3O. The smallest absolute Gasteiger partial charge is 0.272 e. The Morgan fingerprint density at radius 3 is 2.90 bits per heavy atom. The van der Waals surface area contributed by atoms with Crippen molar-refractivity contribution in [3.05, 3.63) is 46.2 Å². The standard InChI is InChI=1S/C15H18BrN3O/c1-3-7-19-9-11(17)8-14(19)15(20)18-13-6-4-5-12(16)10(13)2/h4-6,8-9H,3,7,17H2,1-2H3,(H,18,20). The molecule has 0 aliphatic rings. The van der Waals surface area contributed by atoms with Crippen LogP contribution < -0.4 is 11.1 Å². The first-order valence-corrected chi connectivity index (χ1v) is 7.34. The van der Waals surface area contributed by atoms with Gasteiger partial charge in [0.1, 0.15) is 5.69 Å². The average molecular weight is 336 g/mol. The van der Waals surface area contributed by atoms with Crippen LogP contribution in [-0.2, 0) is 6.54 Å². The van der Waals surface area contributed by atoms with E-state index in [2.05, 4.69) is 28.2 Å². The van der Waals surface area contributed by atoms with Crippen molar-refractivity contribution in [2.24, 2.45) is 0 Å². The number of aryl methyl sites for hydroxylation is 1. The first-order chi connectivity index (χ1) is 9.52. The first-order valence-electron chi connectivity index (χ1n) is 6.55. The van der Waals surface area contributed by atoms with E-state index < -0.39 is 0 Å². The maximum Gasteiger partial charge on any atom is 0.272 e. The van der Waals surface area contributed by atoms with Crippen LogP contribution in [0.3, 0.4) is 0 Å². The number of carbonyl (C=O) groups excluding carboxylic acids is 1. The van der Waals surface area contributed by atoms with Crippen molar-refractivity contribution in [1.82, 2.24) is 4.57 Å². The van der Waals surface area contributed by atoms with E-state index in [0.29, 0.717) is 11.4 Å². The van der Waals surface area contributed by atoms with Crippen molar-refractivity contribution in [3.63, 3.8) is 0 Å². The van der Waals surface area contributed by atoms with E-state index in [4.69, 9.17) is 5.73 Å². The second-order valence-corrected chi connectivity index (χ2v) is 5.57. The van der Waals surface area contributed by atoms with Crippen molar-refractivity contribution < 1.29 is 4.79 Å². The lowest BCUT2D eigenvalue weighted by Crippen LogP contribution is -2.17. The van der Waals surface area contributed by atoms with Gasteiger partial charge in [0.25, 0.3) is 5.91 Å². The summed E-state index contributed by atoms with van der Waals surface area (Å²) in [5.74, 6) is -0.142. The molecule has 0 spiro atoms. The van der Waals surface area contributed by atoms with Crippen molar-refractivity contribution in [2.75, 3.05) is 11.1 Å². The van der Waals surface area contributed by atoms with Crippen LogP contribution in [0.2, 0.25) is 0 Å². The Labute approximate surface area is 127 Å². The SMILES string of the molecule is CCCn1cc(N)cc1C(=O)Nc1cccc(Br)c1C. The quantitative estimate of drug-likeness (QED) is 0.892. The van der Waals surface area contributed by atoms with Crippen molar-refractivity contribution >= 4 is 33.2 Å². The summed E-state index contributed by atoms with van der Waals surface area (Å²) in [4.78, 5) is 12.4. The summed E-state index contributed by atoms with van der Waals surface area (Å²) in [6, 6.07) is 7.43. The topological polar surface area (TPSA) is 60.0 Å². The van der Waals surface area contributed by atoms with Crippen LogP contribution in [0.1, 0.15) is 29.4 Å². The van der Waals surface area contributed by atoms with Crippen LogP contribution in [0.15, 0.2) is 34.9 Å². The van der Waals surface area contributed by atoms with Crippen molar-refractivity contribution in [2.45, 2.75) is 26.8 Å². The van der Waals surface area contributed by atoms with Crippen molar-refractivity contribution in [3.8, 4) is 0 Å². The minimum absolute atomic E-state index is 0.142. The van der Waals surface area contributed by atoms with E-state index in [1.54, 1.807) is 12.3 Å². The number of nitrogens with one attached hydrogen (secondary N) is 1. The number of carbonyl (C=O) groups is 1. The zero-order chi connectivity index (χ0) is 14.7. The van der Waals surface area contributed by atoms with Gasteiger partial charge in [0.15, 0.2) is 0 Å². The molecule has 0 atom stereocenters. The molecule has 5 heteroatoms. The second-order valence-electron chi connectivity index (χ2n) is 4.72. The summed E-state index contributed by atoms with van der Waals surface area (Å²) < 4.78 is 2.86. The fourth-order valence-electron chi connectivity index (χ4n) is 2.08. The van der Waals surface area contributed by atoms with Gasteiger partial charge < -0.3 is 15.6 Å². The Morgan fingerprint density at radius 2 is 2.20 bits per heavy atom. The third-order valence-corrected chi connectivity index (χ3v) is 3.99. The van der Waals surface area contributed by atoms with Crippen LogP contribution in [0, 0.1) is 6.92 Å². The lowest BCUT2D eigenvalue weighted by molar-refractivity contribution is 0.101. The van der Waals surface area contributed by atoms with Gasteiger partial charge in [-0.15, -0.1) is 0 Å². The molecule has 3 N–H and O–H groups in total. The number of halogens is 1. The molecule has 2 aromatic rings. The van der Waals surface area contributed by atoms with Crippen LogP contribution in [0.5, 0.6) is 0 Å². The number of rotatable bonds is 4. The lowest BCUT2D eigenvalue weighted by atomic mass is 10.2. The predicted molar refractivity (Wildman–Crippen MR) is 86.0 cm³/mol. The van der Waals surface area contributed by atoms with Crippen LogP contribution in [-0.4, -0.2) is 10.5 Å². The van der Waals surface area contributed by atoms with Gasteiger partial charge >= 0.3 is 0 Å². The Hall–Kier alpha value is -1.75. The van der Waals surface area contributed by atoms with E-state index in [9.17, 15) is 4.79 Å². The maximum atomic E-state index is 12.4. The fraction of sp³-hybridized carbons (Fsp3) is 0.267. The van der Waals surface area contributed by atoms with Gasteiger partial charge in [-0.2, -0.15) is 0 Å². The number of nitrogen functional groups attached to an aromatic ring is 1. The van der Waals surface area contributed by atoms with Gasteiger partial charge in [0, 0.05) is 22.9 Å². The molecule has 4 nitrogen and oxygen atoms in total. The number of nitrogens with zero attached hydrogens (tertiary/aromatic N) is 1. The number of amides is 1. The Balaban J connectivity index is 2.26. The zero-order valence-corrected chi connectivity index (χ0v) is 13.2.